The van der Waals surface area contributed by atoms with E-state index < -0.39 is 53.9 Å². The zero-order chi connectivity index (χ0) is 36.4. The highest BCUT2D eigenvalue weighted by Gasteiger charge is 2.35. The van der Waals surface area contributed by atoms with Gasteiger partial charge in [0, 0.05) is 32.3 Å². The van der Waals surface area contributed by atoms with Gasteiger partial charge in [0.1, 0.15) is 23.0 Å². The summed E-state index contributed by atoms with van der Waals surface area (Å²) in [7, 11) is -9.05. The maximum Gasteiger partial charge on any atom is 0.346 e. The van der Waals surface area contributed by atoms with Gasteiger partial charge in [0.15, 0.2) is 0 Å². The van der Waals surface area contributed by atoms with Crippen LogP contribution in [-0.4, -0.2) is 49.8 Å². The van der Waals surface area contributed by atoms with Gasteiger partial charge in [-0.1, -0.05) is 12.1 Å². The Morgan fingerprint density at radius 2 is 0.769 bits per heavy atom. The van der Waals surface area contributed by atoms with Crippen molar-refractivity contribution in [2.24, 2.45) is 0 Å². The number of hydrogen-bond acceptors (Lipinski definition) is 12. The lowest BCUT2D eigenvalue weighted by Crippen LogP contribution is -2.21. The van der Waals surface area contributed by atoms with E-state index in [4.69, 9.17) is 18.9 Å². The molecule has 0 atom stereocenters. The molecule has 0 amide bonds. The number of carbonyl (C=O) groups excluding carboxylic acids is 4. The van der Waals surface area contributed by atoms with E-state index in [-0.39, 0.29) is 56.0 Å². The number of rotatable bonds is 6. The molecule has 2 aliphatic rings. The summed E-state index contributed by atoms with van der Waals surface area (Å²) in [6.07, 6.45) is 0. The molecule has 0 aromatic heterocycles. The molecule has 0 saturated carbocycles. The highest BCUT2D eigenvalue weighted by molar-refractivity contribution is 7.86. The van der Waals surface area contributed by atoms with Crippen LogP contribution in [0.5, 0.6) is 23.0 Å². The molecule has 0 saturated heterocycles. The predicted octanol–water partition coefficient (Wildman–Crippen LogP) is 6.44. The maximum atomic E-state index is 13.3. The zero-order valence-corrected chi connectivity index (χ0v) is 27.3. The van der Waals surface area contributed by atoms with Gasteiger partial charge in [-0.2, -0.15) is 16.8 Å². The van der Waals surface area contributed by atoms with Crippen molar-refractivity contribution in [1.82, 2.24) is 0 Å². The Bertz CT molecular complexity index is 2850. The summed E-state index contributed by atoms with van der Waals surface area (Å²) >= 11 is 0. The standard InChI is InChI=1S/C36H16O14S2/c37-33-21-12-10-20-30-26(48-16-3-7-18(8-4-16)52(44,45)46)14-24-28-22(34(38)50-36(24)40)11-9-19(32(28)30)29-25(13-23(35(39)49-33)27(21)31(20)29)47-15-1-5-17(6-2-15)51(41,42)43/h1-14H,(H,41,42,43)(H,44,45,46). The van der Waals surface area contributed by atoms with E-state index >= 15 is 0 Å². The van der Waals surface area contributed by atoms with Crippen molar-refractivity contribution >= 4 is 87.2 Å². The molecule has 7 aromatic rings. The van der Waals surface area contributed by atoms with Crippen molar-refractivity contribution in [2.45, 2.75) is 9.79 Å². The van der Waals surface area contributed by atoms with E-state index in [0.29, 0.717) is 32.3 Å². The average molecular weight is 737 g/mol. The Balaban J connectivity index is 1.42. The second-order valence-corrected chi connectivity index (χ2v) is 14.7. The van der Waals surface area contributed by atoms with E-state index in [1.165, 1.54) is 48.5 Å². The fraction of sp³-hybridized carbons (Fsp3) is 0. The summed E-state index contributed by atoms with van der Waals surface area (Å²) in [5.41, 5.74) is 0.0659. The maximum absolute atomic E-state index is 13.3. The molecule has 52 heavy (non-hydrogen) atoms. The van der Waals surface area contributed by atoms with Crippen LogP contribution in [0.25, 0.3) is 43.1 Å². The normalized spacial score (nSPS) is 14.3. The minimum Gasteiger partial charge on any atom is -0.457 e. The van der Waals surface area contributed by atoms with Gasteiger partial charge in [-0.3, -0.25) is 9.11 Å². The Kier molecular flexibility index (Phi) is 6.38. The lowest BCUT2D eigenvalue weighted by Gasteiger charge is -2.25. The highest BCUT2D eigenvalue weighted by Crippen LogP contribution is 2.52. The molecule has 2 N–H and O–H groups in total. The summed E-state index contributed by atoms with van der Waals surface area (Å²) in [5.74, 6) is -3.44. The molecule has 0 bridgehead atoms. The largest absolute Gasteiger partial charge is 0.457 e. The molecule has 0 aliphatic carbocycles. The molecule has 9 rings (SSSR count). The minimum absolute atomic E-state index is 0.0316. The molecule has 2 aliphatic heterocycles. The number of esters is 4. The Labute approximate surface area is 290 Å². The number of hydrogen-bond donors (Lipinski definition) is 2. The average Bonchev–Trinajstić information content (AvgIpc) is 3.09. The lowest BCUT2D eigenvalue weighted by molar-refractivity contribution is 0.0373. The number of benzene rings is 7. The number of ether oxygens (including phenoxy) is 4. The van der Waals surface area contributed by atoms with Crippen LogP contribution in [0, 0.1) is 0 Å². The predicted molar refractivity (Wildman–Crippen MR) is 180 cm³/mol. The molecule has 2 heterocycles. The first kappa shape index (κ1) is 31.5. The van der Waals surface area contributed by atoms with Gasteiger partial charge in [-0.05, 0) is 83.6 Å². The van der Waals surface area contributed by atoms with Crippen molar-refractivity contribution in [3.8, 4) is 23.0 Å². The molecular weight excluding hydrogens is 721 g/mol. The highest BCUT2D eigenvalue weighted by atomic mass is 32.2. The first-order valence-electron chi connectivity index (χ1n) is 15.0. The van der Waals surface area contributed by atoms with Crippen LogP contribution < -0.4 is 9.47 Å². The fourth-order valence-electron chi connectivity index (χ4n) is 6.86. The van der Waals surface area contributed by atoms with Gasteiger partial charge < -0.3 is 18.9 Å². The van der Waals surface area contributed by atoms with E-state index in [1.807, 2.05) is 0 Å². The molecule has 0 unspecified atom stereocenters. The van der Waals surface area contributed by atoms with Crippen LogP contribution in [0.15, 0.2) is 94.7 Å². The molecule has 256 valence electrons. The van der Waals surface area contributed by atoms with Crippen LogP contribution in [0.1, 0.15) is 41.4 Å². The molecule has 0 fully saturated rings. The van der Waals surface area contributed by atoms with Crippen molar-refractivity contribution in [3.05, 3.63) is 107 Å². The Hall–Kier alpha value is -6.46. The van der Waals surface area contributed by atoms with Gasteiger partial charge in [0.25, 0.3) is 20.2 Å². The Morgan fingerprint density at radius 3 is 1.12 bits per heavy atom. The molecular formula is C36H16O14S2. The minimum atomic E-state index is -4.52. The first-order chi connectivity index (χ1) is 24.7. The van der Waals surface area contributed by atoms with Crippen LogP contribution >= 0.6 is 0 Å². The summed E-state index contributed by atoms with van der Waals surface area (Å²) in [5, 5.41) is 2.58. The van der Waals surface area contributed by atoms with E-state index in [0.717, 1.165) is 24.3 Å². The number of fused-ring (bicyclic) bond motifs is 2. The smallest absolute Gasteiger partial charge is 0.346 e. The van der Waals surface area contributed by atoms with E-state index in [2.05, 4.69) is 0 Å². The fourth-order valence-corrected chi connectivity index (χ4v) is 7.82. The van der Waals surface area contributed by atoms with Crippen molar-refractivity contribution < 1.29 is 64.1 Å². The van der Waals surface area contributed by atoms with Gasteiger partial charge in [0.05, 0.1) is 32.0 Å². The topological polar surface area (TPSA) is 214 Å². The number of cyclic esters (lactones) is 4. The van der Waals surface area contributed by atoms with E-state index in [9.17, 15) is 45.1 Å². The lowest BCUT2D eigenvalue weighted by atomic mass is 9.82. The van der Waals surface area contributed by atoms with Gasteiger partial charge in [-0.25, -0.2) is 19.2 Å². The molecule has 0 radical (unpaired) electrons. The van der Waals surface area contributed by atoms with Crippen LogP contribution in [-0.2, 0) is 29.7 Å². The second kappa shape index (κ2) is 10.5. The monoisotopic (exact) mass is 736 g/mol. The summed E-state index contributed by atoms with van der Waals surface area (Å²) in [6, 6.07) is 18.4. The van der Waals surface area contributed by atoms with Crippen molar-refractivity contribution in [2.75, 3.05) is 0 Å². The second-order valence-electron chi connectivity index (χ2n) is 11.9. The van der Waals surface area contributed by atoms with Gasteiger partial charge in [0.2, 0.25) is 0 Å². The van der Waals surface area contributed by atoms with Gasteiger partial charge in [-0.15, -0.1) is 0 Å². The third-order valence-electron chi connectivity index (χ3n) is 8.98. The Morgan fingerprint density at radius 1 is 0.423 bits per heavy atom. The quantitative estimate of drug-likeness (QED) is 0.0618. The summed E-state index contributed by atoms with van der Waals surface area (Å²) in [4.78, 5) is 51.8. The molecule has 0 spiro atoms. The van der Waals surface area contributed by atoms with Crippen LogP contribution in [0.3, 0.4) is 0 Å². The van der Waals surface area contributed by atoms with Gasteiger partial charge >= 0.3 is 23.9 Å². The van der Waals surface area contributed by atoms with Crippen LogP contribution in [0.4, 0.5) is 0 Å². The van der Waals surface area contributed by atoms with E-state index in [1.54, 1.807) is 12.1 Å². The third-order valence-corrected chi connectivity index (χ3v) is 10.7. The molecule has 14 nitrogen and oxygen atoms in total. The summed E-state index contributed by atoms with van der Waals surface area (Å²) < 4.78 is 88.2. The third kappa shape index (κ3) is 4.55. The molecule has 16 heteroatoms. The molecule has 7 aromatic carbocycles. The number of carbonyl (C=O) groups is 4. The first-order valence-corrected chi connectivity index (χ1v) is 17.9. The SMILES string of the molecule is O=C1OC(=O)c2cc(Oc3ccc(S(=O)(=O)O)cc3)c3c4ccc5c6c(cc(Oc7ccc(S(=O)(=O)O)cc7)c(c7ccc1c2c73)c64)C(=O)OC5=O. The zero-order valence-electron chi connectivity index (χ0n) is 25.7. The van der Waals surface area contributed by atoms with Crippen molar-refractivity contribution in [1.29, 1.82) is 0 Å². The van der Waals surface area contributed by atoms with Crippen molar-refractivity contribution in [3.63, 3.8) is 0 Å². The van der Waals surface area contributed by atoms with Crippen LogP contribution in [0.2, 0.25) is 0 Å². The summed E-state index contributed by atoms with van der Waals surface area (Å²) in [6.45, 7) is 0.